The van der Waals surface area contributed by atoms with Crippen LogP contribution in [0.5, 0.6) is 5.75 Å². The number of esters is 1. The minimum atomic E-state index is -0.333. The summed E-state index contributed by atoms with van der Waals surface area (Å²) in [5.74, 6) is 0.669. The van der Waals surface area contributed by atoms with Gasteiger partial charge in [0.25, 0.3) is 0 Å². The number of aromatic nitrogens is 1. The number of hydrogen-bond acceptors (Lipinski definition) is 2. The Kier molecular flexibility index (Phi) is 4.36. The highest BCUT2D eigenvalue weighted by Crippen LogP contribution is 2.26. The first kappa shape index (κ1) is 17.2. The van der Waals surface area contributed by atoms with Crippen LogP contribution in [0.4, 0.5) is 0 Å². The second-order valence-electron chi connectivity index (χ2n) is 7.08. The van der Waals surface area contributed by atoms with E-state index in [4.69, 9.17) is 4.74 Å². The highest BCUT2D eigenvalue weighted by Gasteiger charge is 2.23. The number of nitrogens with zero attached hydrogens (tertiary/aromatic N) is 1. The number of carbonyl (C=O) groups is 1. The molecule has 0 atom stereocenters. The van der Waals surface area contributed by atoms with Crippen molar-refractivity contribution in [1.29, 1.82) is 0 Å². The third-order valence-corrected chi connectivity index (χ3v) is 5.03. The third-order valence-electron chi connectivity index (χ3n) is 5.03. The van der Waals surface area contributed by atoms with Gasteiger partial charge in [0.1, 0.15) is 12.8 Å². The van der Waals surface area contributed by atoms with Gasteiger partial charge in [0, 0.05) is 12.1 Å². The minimum Gasteiger partial charge on any atom is -0.423 e. The van der Waals surface area contributed by atoms with E-state index in [0.717, 1.165) is 21.8 Å². The maximum atomic E-state index is 13.1. The van der Waals surface area contributed by atoms with Gasteiger partial charge >= 0.3 is 5.97 Å². The number of fused-ring (bicyclic) bond motifs is 2. The number of hydrogen-bond donors (Lipinski definition) is 0. The molecular formula is C24H22NO2+. The van der Waals surface area contributed by atoms with E-state index >= 15 is 0 Å². The normalized spacial score (nSPS) is 11.3. The molecule has 1 heterocycles. The van der Waals surface area contributed by atoms with Crippen molar-refractivity contribution in [2.45, 2.75) is 19.8 Å². The second kappa shape index (κ2) is 6.84. The summed E-state index contributed by atoms with van der Waals surface area (Å²) in [5, 5.41) is 1.78. The Morgan fingerprint density at radius 1 is 0.815 bits per heavy atom. The van der Waals surface area contributed by atoms with Crippen LogP contribution in [0.3, 0.4) is 0 Å². The van der Waals surface area contributed by atoms with Crippen LogP contribution in [0.15, 0.2) is 72.8 Å². The number of para-hydroxylation sites is 2. The van der Waals surface area contributed by atoms with Crippen molar-refractivity contribution in [3.8, 4) is 5.75 Å². The van der Waals surface area contributed by atoms with E-state index in [1.54, 1.807) is 0 Å². The van der Waals surface area contributed by atoms with E-state index in [1.165, 1.54) is 5.56 Å². The largest absolute Gasteiger partial charge is 0.423 e. The number of rotatable bonds is 3. The fourth-order valence-electron chi connectivity index (χ4n) is 3.53. The maximum absolute atomic E-state index is 13.1. The monoisotopic (exact) mass is 356 g/mol. The predicted molar refractivity (Wildman–Crippen MR) is 108 cm³/mol. The summed E-state index contributed by atoms with van der Waals surface area (Å²) >= 11 is 0. The van der Waals surface area contributed by atoms with Crippen molar-refractivity contribution >= 4 is 27.8 Å². The van der Waals surface area contributed by atoms with E-state index in [9.17, 15) is 4.79 Å². The first-order chi connectivity index (χ1) is 13.1. The molecule has 0 bridgehead atoms. The zero-order valence-corrected chi connectivity index (χ0v) is 15.8. The van der Waals surface area contributed by atoms with Crippen molar-refractivity contribution < 1.29 is 14.1 Å². The number of benzene rings is 3. The molecular weight excluding hydrogens is 334 g/mol. The molecule has 0 fully saturated rings. The first-order valence-corrected chi connectivity index (χ1v) is 9.18. The Hall–Kier alpha value is -3.20. The SMILES string of the molecule is CC(C)c1ccc(OC(=O)c2c3ccccc3[n+](C)c3ccccc23)cc1. The van der Waals surface area contributed by atoms with Crippen molar-refractivity contribution in [2.75, 3.05) is 0 Å². The molecule has 3 heteroatoms. The molecule has 0 saturated carbocycles. The summed E-state index contributed by atoms with van der Waals surface area (Å²) in [7, 11) is 2.02. The first-order valence-electron chi connectivity index (χ1n) is 9.18. The standard InChI is InChI=1S/C24H22NO2/c1-16(2)17-12-14-18(15-13-17)27-24(26)23-19-8-4-6-10-21(19)25(3)22-11-7-5-9-20(22)23/h4-16H,1-3H3/q+1. The van der Waals surface area contributed by atoms with Crippen LogP contribution in [-0.4, -0.2) is 5.97 Å². The lowest BCUT2D eigenvalue weighted by Crippen LogP contribution is -2.31. The Labute approximate surface area is 158 Å². The van der Waals surface area contributed by atoms with Crippen molar-refractivity contribution in [3.63, 3.8) is 0 Å². The van der Waals surface area contributed by atoms with Gasteiger partial charge in [-0.3, -0.25) is 0 Å². The number of carbonyl (C=O) groups excluding carboxylic acids is 1. The summed E-state index contributed by atoms with van der Waals surface area (Å²) in [6, 6.07) is 23.6. The van der Waals surface area contributed by atoms with Crippen molar-refractivity contribution in [2.24, 2.45) is 7.05 Å². The summed E-state index contributed by atoms with van der Waals surface area (Å²) < 4.78 is 7.85. The lowest BCUT2D eigenvalue weighted by molar-refractivity contribution is -0.617. The van der Waals surface area contributed by atoms with Gasteiger partial charge in [0.05, 0.1) is 16.3 Å². The van der Waals surface area contributed by atoms with Gasteiger partial charge < -0.3 is 4.74 Å². The van der Waals surface area contributed by atoms with Crippen LogP contribution in [-0.2, 0) is 7.05 Å². The zero-order chi connectivity index (χ0) is 19.0. The minimum absolute atomic E-state index is 0.333. The van der Waals surface area contributed by atoms with E-state index in [2.05, 4.69) is 18.4 Å². The van der Waals surface area contributed by atoms with Crippen LogP contribution in [0.2, 0.25) is 0 Å². The van der Waals surface area contributed by atoms with Crippen LogP contribution in [0, 0.1) is 0 Å². The summed E-state index contributed by atoms with van der Waals surface area (Å²) in [4.78, 5) is 13.1. The molecule has 0 aliphatic carbocycles. The Morgan fingerprint density at radius 2 is 1.33 bits per heavy atom. The average molecular weight is 356 g/mol. The number of ether oxygens (including phenoxy) is 1. The molecule has 0 amide bonds. The predicted octanol–water partition coefficient (Wildman–Crippen LogP) is 5.16. The van der Waals surface area contributed by atoms with Crippen LogP contribution < -0.4 is 9.30 Å². The molecule has 0 aliphatic heterocycles. The van der Waals surface area contributed by atoms with Crippen LogP contribution in [0.1, 0.15) is 35.7 Å². The molecule has 4 aromatic rings. The topological polar surface area (TPSA) is 30.2 Å². The lowest BCUT2D eigenvalue weighted by Gasteiger charge is -2.11. The average Bonchev–Trinajstić information content (AvgIpc) is 2.69. The maximum Gasteiger partial charge on any atom is 0.345 e. The molecule has 0 spiro atoms. The number of aryl methyl sites for hydroxylation is 1. The highest BCUT2D eigenvalue weighted by molar-refractivity contribution is 6.13. The quantitative estimate of drug-likeness (QED) is 0.220. The molecule has 27 heavy (non-hydrogen) atoms. The van der Waals surface area contributed by atoms with E-state index in [0.29, 0.717) is 17.2 Å². The molecule has 0 unspecified atom stereocenters. The van der Waals surface area contributed by atoms with E-state index in [1.807, 2.05) is 79.8 Å². The zero-order valence-electron chi connectivity index (χ0n) is 15.8. The molecule has 0 saturated heterocycles. The Morgan fingerprint density at radius 3 is 1.85 bits per heavy atom. The lowest BCUT2D eigenvalue weighted by atomic mass is 10.0. The highest BCUT2D eigenvalue weighted by atomic mass is 16.5. The van der Waals surface area contributed by atoms with Crippen LogP contribution in [0.25, 0.3) is 21.8 Å². The molecule has 0 aliphatic rings. The van der Waals surface area contributed by atoms with Crippen molar-refractivity contribution in [1.82, 2.24) is 0 Å². The molecule has 134 valence electrons. The molecule has 1 aromatic heterocycles. The van der Waals surface area contributed by atoms with Gasteiger partial charge in [-0.05, 0) is 35.7 Å². The third kappa shape index (κ3) is 3.06. The van der Waals surface area contributed by atoms with Crippen molar-refractivity contribution in [3.05, 3.63) is 83.9 Å². The fourth-order valence-corrected chi connectivity index (χ4v) is 3.53. The summed E-state index contributed by atoms with van der Waals surface area (Å²) in [6.45, 7) is 4.28. The molecule has 3 aromatic carbocycles. The molecule has 0 radical (unpaired) electrons. The summed E-state index contributed by atoms with van der Waals surface area (Å²) in [6.07, 6.45) is 0. The van der Waals surface area contributed by atoms with Gasteiger partial charge in [-0.1, -0.05) is 50.2 Å². The Bertz CT molecular complexity index is 1090. The van der Waals surface area contributed by atoms with Gasteiger partial charge in [-0.2, -0.15) is 4.57 Å². The molecule has 3 nitrogen and oxygen atoms in total. The van der Waals surface area contributed by atoms with Gasteiger partial charge in [-0.25, -0.2) is 4.79 Å². The van der Waals surface area contributed by atoms with Crippen LogP contribution >= 0.6 is 0 Å². The van der Waals surface area contributed by atoms with E-state index in [-0.39, 0.29) is 5.97 Å². The van der Waals surface area contributed by atoms with Gasteiger partial charge in [-0.15, -0.1) is 0 Å². The van der Waals surface area contributed by atoms with Gasteiger partial charge in [0.2, 0.25) is 11.0 Å². The van der Waals surface area contributed by atoms with E-state index < -0.39 is 0 Å². The Balaban J connectivity index is 1.84. The fraction of sp³-hybridized carbons (Fsp3) is 0.167. The molecule has 4 rings (SSSR count). The molecule has 0 N–H and O–H groups in total. The van der Waals surface area contributed by atoms with Gasteiger partial charge in [0.15, 0.2) is 0 Å². The second-order valence-corrected chi connectivity index (χ2v) is 7.08. The number of pyridine rings is 1. The summed E-state index contributed by atoms with van der Waals surface area (Å²) in [5.41, 5.74) is 3.82. The smallest absolute Gasteiger partial charge is 0.345 e.